The van der Waals surface area contributed by atoms with Gasteiger partial charge in [-0.25, -0.2) is 8.42 Å². The smallest absolute Gasteiger partial charge is 0.261 e. The van der Waals surface area contributed by atoms with Crippen molar-refractivity contribution in [2.75, 3.05) is 4.72 Å². The fourth-order valence-corrected chi connectivity index (χ4v) is 3.28. The van der Waals surface area contributed by atoms with Gasteiger partial charge in [0.2, 0.25) is 5.91 Å². The molecule has 3 N–H and O–H groups in total. The van der Waals surface area contributed by atoms with Crippen LogP contribution in [-0.2, 0) is 10.0 Å². The molecule has 0 unspecified atom stereocenters. The lowest BCUT2D eigenvalue weighted by atomic mass is 10.2. The SMILES string of the molecule is NC(=O)c1cc(Br)cc(NS(=O)(=O)c2ccc(Cl)cc2)c1. The summed E-state index contributed by atoms with van der Waals surface area (Å²) in [5.41, 5.74) is 5.61. The number of sulfonamides is 1. The highest BCUT2D eigenvalue weighted by Gasteiger charge is 2.15. The molecular weight excluding hydrogens is 380 g/mol. The van der Waals surface area contributed by atoms with Crippen molar-refractivity contribution >= 4 is 49.1 Å². The Balaban J connectivity index is 2.36. The number of rotatable bonds is 4. The second-order valence-electron chi connectivity index (χ2n) is 4.15. The van der Waals surface area contributed by atoms with Gasteiger partial charge in [-0.1, -0.05) is 27.5 Å². The first-order valence-electron chi connectivity index (χ1n) is 5.67. The van der Waals surface area contributed by atoms with Crippen LogP contribution in [0.5, 0.6) is 0 Å². The van der Waals surface area contributed by atoms with Crippen LogP contribution in [0.3, 0.4) is 0 Å². The van der Waals surface area contributed by atoms with Gasteiger partial charge in [0.05, 0.1) is 10.6 Å². The summed E-state index contributed by atoms with van der Waals surface area (Å²) in [5.74, 6) is -0.650. The standard InChI is InChI=1S/C13H10BrClN2O3S/c14-9-5-8(13(16)18)6-11(7-9)17-21(19,20)12-3-1-10(15)2-4-12/h1-7,17H,(H2,16,18). The van der Waals surface area contributed by atoms with E-state index in [4.69, 9.17) is 17.3 Å². The Morgan fingerprint density at radius 3 is 2.33 bits per heavy atom. The Morgan fingerprint density at radius 2 is 1.76 bits per heavy atom. The summed E-state index contributed by atoms with van der Waals surface area (Å²) in [4.78, 5) is 11.3. The van der Waals surface area contributed by atoms with Crippen molar-refractivity contribution in [3.05, 3.63) is 57.5 Å². The minimum absolute atomic E-state index is 0.0625. The Hall–Kier alpha value is -1.57. The van der Waals surface area contributed by atoms with Crippen molar-refractivity contribution in [3.8, 4) is 0 Å². The number of amides is 1. The minimum atomic E-state index is -3.77. The molecular formula is C13H10BrClN2O3S. The quantitative estimate of drug-likeness (QED) is 0.842. The van der Waals surface area contributed by atoms with E-state index in [1.54, 1.807) is 0 Å². The molecule has 0 aliphatic carbocycles. The molecule has 8 heteroatoms. The summed E-state index contributed by atoms with van der Waals surface area (Å²) in [5, 5.41) is 0.437. The third-order valence-corrected chi connectivity index (χ3v) is 4.67. The fourth-order valence-electron chi connectivity index (χ4n) is 1.62. The lowest BCUT2D eigenvalue weighted by Crippen LogP contribution is -2.15. The molecule has 21 heavy (non-hydrogen) atoms. The van der Waals surface area contributed by atoms with Crippen LogP contribution in [0.25, 0.3) is 0 Å². The van der Waals surface area contributed by atoms with E-state index in [0.29, 0.717) is 9.50 Å². The van der Waals surface area contributed by atoms with Gasteiger partial charge >= 0.3 is 0 Å². The van der Waals surface area contributed by atoms with Gasteiger partial charge < -0.3 is 5.73 Å². The van der Waals surface area contributed by atoms with E-state index < -0.39 is 15.9 Å². The predicted octanol–water partition coefficient (Wildman–Crippen LogP) is 3.00. The first kappa shape index (κ1) is 15.8. The molecule has 1 amide bonds. The van der Waals surface area contributed by atoms with Crippen molar-refractivity contribution in [2.45, 2.75) is 4.90 Å². The number of hydrogen-bond donors (Lipinski definition) is 2. The zero-order valence-electron chi connectivity index (χ0n) is 10.5. The van der Waals surface area contributed by atoms with Crippen LogP contribution in [0.4, 0.5) is 5.69 Å². The monoisotopic (exact) mass is 388 g/mol. The number of anilines is 1. The molecule has 0 saturated carbocycles. The van der Waals surface area contributed by atoms with Crippen molar-refractivity contribution in [3.63, 3.8) is 0 Å². The van der Waals surface area contributed by atoms with Gasteiger partial charge in [0.25, 0.3) is 10.0 Å². The zero-order chi connectivity index (χ0) is 15.6. The number of benzene rings is 2. The van der Waals surface area contributed by atoms with E-state index in [-0.39, 0.29) is 16.1 Å². The summed E-state index contributed by atoms with van der Waals surface area (Å²) in [6.45, 7) is 0. The van der Waals surface area contributed by atoms with E-state index in [1.165, 1.54) is 42.5 Å². The van der Waals surface area contributed by atoms with Crippen LogP contribution in [0.2, 0.25) is 5.02 Å². The summed E-state index contributed by atoms with van der Waals surface area (Å²) in [7, 11) is -3.77. The molecule has 0 radical (unpaired) electrons. The molecule has 0 spiro atoms. The molecule has 0 atom stereocenters. The maximum absolute atomic E-state index is 12.2. The van der Waals surface area contributed by atoms with Crippen LogP contribution in [0, 0.1) is 0 Å². The molecule has 0 aliphatic heterocycles. The third kappa shape index (κ3) is 3.96. The average molecular weight is 390 g/mol. The van der Waals surface area contributed by atoms with Gasteiger partial charge in [0, 0.05) is 15.1 Å². The first-order chi connectivity index (χ1) is 9.78. The van der Waals surface area contributed by atoms with Gasteiger partial charge in [0.15, 0.2) is 0 Å². The van der Waals surface area contributed by atoms with Crippen molar-refractivity contribution in [1.82, 2.24) is 0 Å². The van der Waals surface area contributed by atoms with Gasteiger partial charge in [-0.3, -0.25) is 9.52 Å². The normalized spacial score (nSPS) is 11.1. The fraction of sp³-hybridized carbons (Fsp3) is 0. The van der Waals surface area contributed by atoms with Crippen LogP contribution in [0.1, 0.15) is 10.4 Å². The Kier molecular flexibility index (Phi) is 4.55. The number of carbonyl (C=O) groups is 1. The first-order valence-corrected chi connectivity index (χ1v) is 8.32. The molecule has 0 aliphatic rings. The Labute approximate surface area is 135 Å². The lowest BCUT2D eigenvalue weighted by Gasteiger charge is -2.09. The summed E-state index contributed by atoms with van der Waals surface area (Å²) in [6, 6.07) is 10.1. The summed E-state index contributed by atoms with van der Waals surface area (Å²) >= 11 is 8.92. The second kappa shape index (κ2) is 6.05. The number of primary amides is 1. The van der Waals surface area contributed by atoms with Crippen LogP contribution in [0.15, 0.2) is 51.8 Å². The molecule has 2 aromatic carbocycles. The number of halogens is 2. The molecule has 0 fully saturated rings. The summed E-state index contributed by atoms with van der Waals surface area (Å²) < 4.78 is 27.4. The predicted molar refractivity (Wildman–Crippen MR) is 84.9 cm³/mol. The highest BCUT2D eigenvalue weighted by Crippen LogP contribution is 2.23. The van der Waals surface area contributed by atoms with Gasteiger partial charge in [0.1, 0.15) is 0 Å². The highest BCUT2D eigenvalue weighted by atomic mass is 79.9. The maximum atomic E-state index is 12.2. The van der Waals surface area contributed by atoms with E-state index in [1.807, 2.05) is 0 Å². The van der Waals surface area contributed by atoms with E-state index in [9.17, 15) is 13.2 Å². The highest BCUT2D eigenvalue weighted by molar-refractivity contribution is 9.10. The molecule has 2 rings (SSSR count). The van der Waals surface area contributed by atoms with Crippen LogP contribution >= 0.6 is 27.5 Å². The number of nitrogens with two attached hydrogens (primary N) is 1. The topological polar surface area (TPSA) is 89.3 Å². The molecule has 0 heterocycles. The average Bonchev–Trinajstić information content (AvgIpc) is 2.37. The van der Waals surface area contributed by atoms with Gasteiger partial charge in [-0.2, -0.15) is 0 Å². The number of hydrogen-bond acceptors (Lipinski definition) is 3. The second-order valence-corrected chi connectivity index (χ2v) is 7.19. The van der Waals surface area contributed by atoms with Gasteiger partial charge in [-0.15, -0.1) is 0 Å². The molecule has 0 saturated heterocycles. The van der Waals surface area contributed by atoms with E-state index in [2.05, 4.69) is 20.7 Å². The molecule has 5 nitrogen and oxygen atoms in total. The maximum Gasteiger partial charge on any atom is 0.261 e. The zero-order valence-corrected chi connectivity index (χ0v) is 13.7. The molecule has 0 bridgehead atoms. The van der Waals surface area contributed by atoms with Gasteiger partial charge in [-0.05, 0) is 42.5 Å². The minimum Gasteiger partial charge on any atom is -0.366 e. The summed E-state index contributed by atoms with van der Waals surface area (Å²) in [6.07, 6.45) is 0. The molecule has 2 aromatic rings. The van der Waals surface area contributed by atoms with E-state index in [0.717, 1.165) is 0 Å². The van der Waals surface area contributed by atoms with Crippen molar-refractivity contribution in [1.29, 1.82) is 0 Å². The molecule has 110 valence electrons. The lowest BCUT2D eigenvalue weighted by molar-refractivity contribution is 0.1000. The van der Waals surface area contributed by atoms with Crippen LogP contribution < -0.4 is 10.5 Å². The Morgan fingerprint density at radius 1 is 1.14 bits per heavy atom. The molecule has 0 aromatic heterocycles. The van der Waals surface area contributed by atoms with Crippen molar-refractivity contribution in [2.24, 2.45) is 5.73 Å². The number of nitrogens with one attached hydrogen (secondary N) is 1. The number of carbonyl (C=O) groups excluding carboxylic acids is 1. The van der Waals surface area contributed by atoms with E-state index >= 15 is 0 Å². The Bertz CT molecular complexity index is 792. The van der Waals surface area contributed by atoms with Crippen molar-refractivity contribution < 1.29 is 13.2 Å². The third-order valence-electron chi connectivity index (χ3n) is 2.56. The largest absolute Gasteiger partial charge is 0.366 e. The van der Waals surface area contributed by atoms with Crippen LogP contribution in [-0.4, -0.2) is 14.3 Å².